The van der Waals surface area contributed by atoms with Crippen LogP contribution in [-0.4, -0.2) is 0 Å². The fourth-order valence-electron chi connectivity index (χ4n) is 1.99. The number of nitrogens with one attached hydrogen (secondary N) is 1. The summed E-state index contributed by atoms with van der Waals surface area (Å²) in [4.78, 5) is 0. The average Bonchev–Trinajstić information content (AvgIpc) is 2.23. The molecule has 0 saturated heterocycles. The van der Waals surface area contributed by atoms with Gasteiger partial charge in [-0.2, -0.15) is 0 Å². The summed E-state index contributed by atoms with van der Waals surface area (Å²) in [6, 6.07) is 12.0. The van der Waals surface area contributed by atoms with Gasteiger partial charge in [0.05, 0.1) is 0 Å². The molecule has 2 rings (SSSR count). The van der Waals surface area contributed by atoms with Crippen molar-refractivity contribution in [2.24, 2.45) is 0 Å². The summed E-state index contributed by atoms with van der Waals surface area (Å²) >= 11 is 11.9. The molecular formula is C15H15Cl2N. The zero-order valence-corrected chi connectivity index (χ0v) is 11.9. The van der Waals surface area contributed by atoms with Gasteiger partial charge in [0.2, 0.25) is 0 Å². The van der Waals surface area contributed by atoms with E-state index in [4.69, 9.17) is 23.2 Å². The number of anilines is 1. The summed E-state index contributed by atoms with van der Waals surface area (Å²) in [5, 5.41) is 4.71. The Morgan fingerprint density at radius 1 is 0.833 bits per heavy atom. The van der Waals surface area contributed by atoms with Gasteiger partial charge in [0.1, 0.15) is 0 Å². The Balaban J connectivity index is 2.11. The minimum Gasteiger partial charge on any atom is -0.381 e. The van der Waals surface area contributed by atoms with E-state index in [0.717, 1.165) is 11.3 Å². The van der Waals surface area contributed by atoms with E-state index < -0.39 is 0 Å². The van der Waals surface area contributed by atoms with Crippen molar-refractivity contribution in [3.63, 3.8) is 0 Å². The van der Waals surface area contributed by atoms with Gasteiger partial charge in [-0.05, 0) is 60.9 Å². The quantitative estimate of drug-likeness (QED) is 0.812. The second-order valence-corrected chi connectivity index (χ2v) is 5.38. The number of hydrogen-bond acceptors (Lipinski definition) is 1. The number of aryl methyl sites for hydroxylation is 2. The van der Waals surface area contributed by atoms with Crippen molar-refractivity contribution in [1.29, 1.82) is 0 Å². The summed E-state index contributed by atoms with van der Waals surface area (Å²) in [5.74, 6) is 0. The van der Waals surface area contributed by atoms with E-state index in [1.807, 2.05) is 12.1 Å². The Bertz CT molecular complexity index is 472. The number of halogens is 2. The van der Waals surface area contributed by atoms with Gasteiger partial charge in [-0.25, -0.2) is 0 Å². The average molecular weight is 280 g/mol. The SMILES string of the molecule is Cc1cc(C)cc(NCc2cc(Cl)cc(Cl)c2)c1. The van der Waals surface area contributed by atoms with Crippen LogP contribution in [0.15, 0.2) is 36.4 Å². The maximum Gasteiger partial charge on any atom is 0.0424 e. The summed E-state index contributed by atoms with van der Waals surface area (Å²) < 4.78 is 0. The lowest BCUT2D eigenvalue weighted by Crippen LogP contribution is -2.00. The molecule has 0 aliphatic heterocycles. The predicted octanol–water partition coefficient (Wildman–Crippen LogP) is 5.22. The molecule has 94 valence electrons. The van der Waals surface area contributed by atoms with Crippen LogP contribution in [0.2, 0.25) is 10.0 Å². The lowest BCUT2D eigenvalue weighted by Gasteiger charge is -2.09. The van der Waals surface area contributed by atoms with Crippen LogP contribution in [0.5, 0.6) is 0 Å². The van der Waals surface area contributed by atoms with E-state index in [1.54, 1.807) is 6.07 Å². The minimum absolute atomic E-state index is 0.666. The van der Waals surface area contributed by atoms with Crippen LogP contribution in [-0.2, 0) is 6.54 Å². The van der Waals surface area contributed by atoms with Crippen molar-refractivity contribution in [2.45, 2.75) is 20.4 Å². The fourth-order valence-corrected chi connectivity index (χ4v) is 2.57. The first-order valence-electron chi connectivity index (χ1n) is 5.80. The van der Waals surface area contributed by atoms with E-state index in [2.05, 4.69) is 37.4 Å². The molecule has 0 heterocycles. The molecule has 0 atom stereocenters. The highest BCUT2D eigenvalue weighted by molar-refractivity contribution is 6.34. The highest BCUT2D eigenvalue weighted by Gasteiger charge is 2.00. The molecule has 18 heavy (non-hydrogen) atoms. The summed E-state index contributed by atoms with van der Waals surface area (Å²) in [6.07, 6.45) is 0. The number of rotatable bonds is 3. The molecule has 0 bridgehead atoms. The molecule has 0 aromatic heterocycles. The molecule has 0 unspecified atom stereocenters. The molecular weight excluding hydrogens is 265 g/mol. The lowest BCUT2D eigenvalue weighted by atomic mass is 10.1. The Morgan fingerprint density at radius 2 is 1.39 bits per heavy atom. The van der Waals surface area contributed by atoms with Crippen LogP contribution in [0.3, 0.4) is 0 Å². The maximum absolute atomic E-state index is 5.97. The molecule has 0 saturated carbocycles. The molecule has 1 N–H and O–H groups in total. The van der Waals surface area contributed by atoms with Gasteiger partial charge in [-0.1, -0.05) is 29.3 Å². The Hall–Kier alpha value is -1.18. The van der Waals surface area contributed by atoms with Crippen LogP contribution in [0, 0.1) is 13.8 Å². The van der Waals surface area contributed by atoms with Gasteiger partial charge in [0.15, 0.2) is 0 Å². The highest BCUT2D eigenvalue weighted by atomic mass is 35.5. The first kappa shape index (κ1) is 13.3. The summed E-state index contributed by atoms with van der Waals surface area (Å²) in [6.45, 7) is 4.89. The molecule has 0 fully saturated rings. The second-order valence-electron chi connectivity index (χ2n) is 4.51. The minimum atomic E-state index is 0.666. The van der Waals surface area contributed by atoms with Gasteiger partial charge in [-0.15, -0.1) is 0 Å². The fraction of sp³-hybridized carbons (Fsp3) is 0.200. The number of hydrogen-bond donors (Lipinski definition) is 1. The van der Waals surface area contributed by atoms with Gasteiger partial charge in [-0.3, -0.25) is 0 Å². The maximum atomic E-state index is 5.97. The Morgan fingerprint density at radius 3 is 1.94 bits per heavy atom. The molecule has 2 aromatic rings. The summed E-state index contributed by atoms with van der Waals surface area (Å²) in [5.41, 5.74) is 4.69. The standard InChI is InChI=1S/C15H15Cl2N/c1-10-3-11(2)5-15(4-10)18-9-12-6-13(16)8-14(17)7-12/h3-8,18H,9H2,1-2H3. The van der Waals surface area contributed by atoms with Gasteiger partial charge in [0.25, 0.3) is 0 Å². The van der Waals surface area contributed by atoms with Crippen LogP contribution in [0.4, 0.5) is 5.69 Å². The van der Waals surface area contributed by atoms with E-state index in [-0.39, 0.29) is 0 Å². The van der Waals surface area contributed by atoms with Crippen LogP contribution in [0.25, 0.3) is 0 Å². The molecule has 0 radical (unpaired) electrons. The molecule has 1 nitrogen and oxygen atoms in total. The van der Waals surface area contributed by atoms with Crippen molar-refractivity contribution in [2.75, 3.05) is 5.32 Å². The normalized spacial score (nSPS) is 10.4. The zero-order valence-electron chi connectivity index (χ0n) is 10.4. The molecule has 0 amide bonds. The van der Waals surface area contributed by atoms with Crippen molar-refractivity contribution in [3.8, 4) is 0 Å². The van der Waals surface area contributed by atoms with Crippen LogP contribution >= 0.6 is 23.2 Å². The molecule has 0 aliphatic carbocycles. The number of benzene rings is 2. The van der Waals surface area contributed by atoms with Crippen molar-refractivity contribution < 1.29 is 0 Å². The first-order chi connectivity index (χ1) is 8.52. The third-order valence-electron chi connectivity index (χ3n) is 2.64. The zero-order chi connectivity index (χ0) is 13.1. The van der Waals surface area contributed by atoms with Crippen molar-refractivity contribution in [3.05, 3.63) is 63.1 Å². The van der Waals surface area contributed by atoms with Crippen LogP contribution in [0.1, 0.15) is 16.7 Å². The first-order valence-corrected chi connectivity index (χ1v) is 6.56. The lowest BCUT2D eigenvalue weighted by molar-refractivity contribution is 1.14. The van der Waals surface area contributed by atoms with Gasteiger partial charge < -0.3 is 5.32 Å². The predicted molar refractivity (Wildman–Crippen MR) is 79.7 cm³/mol. The molecule has 3 heteroatoms. The van der Waals surface area contributed by atoms with Gasteiger partial charge >= 0.3 is 0 Å². The second kappa shape index (κ2) is 5.64. The highest BCUT2D eigenvalue weighted by Crippen LogP contribution is 2.20. The van der Waals surface area contributed by atoms with Gasteiger partial charge in [0, 0.05) is 22.3 Å². The summed E-state index contributed by atoms with van der Waals surface area (Å²) in [7, 11) is 0. The van der Waals surface area contributed by atoms with Crippen LogP contribution < -0.4 is 5.32 Å². The topological polar surface area (TPSA) is 12.0 Å². The van der Waals surface area contributed by atoms with E-state index >= 15 is 0 Å². The monoisotopic (exact) mass is 279 g/mol. The van der Waals surface area contributed by atoms with E-state index in [1.165, 1.54) is 11.1 Å². The largest absolute Gasteiger partial charge is 0.381 e. The molecule has 2 aromatic carbocycles. The Kier molecular flexibility index (Phi) is 4.15. The third-order valence-corrected chi connectivity index (χ3v) is 3.08. The van der Waals surface area contributed by atoms with E-state index in [9.17, 15) is 0 Å². The van der Waals surface area contributed by atoms with E-state index in [0.29, 0.717) is 16.6 Å². The Labute approximate surface area is 118 Å². The third kappa shape index (κ3) is 3.66. The smallest absolute Gasteiger partial charge is 0.0424 e. The van der Waals surface area contributed by atoms with Crippen molar-refractivity contribution in [1.82, 2.24) is 0 Å². The molecule has 0 aliphatic rings. The molecule has 0 spiro atoms. The van der Waals surface area contributed by atoms with Crippen molar-refractivity contribution >= 4 is 28.9 Å².